The summed E-state index contributed by atoms with van der Waals surface area (Å²) in [6.45, 7) is 2.51. The van der Waals surface area contributed by atoms with E-state index in [0.717, 1.165) is 5.56 Å². The highest BCUT2D eigenvalue weighted by Crippen LogP contribution is 2.16. The molecule has 0 N–H and O–H groups in total. The topological polar surface area (TPSA) is 84.2 Å². The SMILES string of the molecule is O=S(=O)(Cc1ccccc1)N1CCN(Cc2nnnn2-c2ccc(F)cc2)CC1. The third-order valence-electron chi connectivity index (χ3n) is 4.89. The Kier molecular flexibility index (Phi) is 5.65. The van der Waals surface area contributed by atoms with Gasteiger partial charge < -0.3 is 0 Å². The van der Waals surface area contributed by atoms with E-state index < -0.39 is 10.0 Å². The molecule has 1 saturated heterocycles. The van der Waals surface area contributed by atoms with Crippen LogP contribution in [0.2, 0.25) is 0 Å². The summed E-state index contributed by atoms with van der Waals surface area (Å²) in [5, 5.41) is 11.8. The van der Waals surface area contributed by atoms with E-state index in [-0.39, 0.29) is 11.6 Å². The van der Waals surface area contributed by atoms with Gasteiger partial charge in [0, 0.05) is 26.2 Å². The summed E-state index contributed by atoms with van der Waals surface area (Å²) < 4.78 is 41.6. The lowest BCUT2D eigenvalue weighted by molar-refractivity contribution is 0.177. The normalized spacial score (nSPS) is 16.2. The molecule has 2 heterocycles. The van der Waals surface area contributed by atoms with Gasteiger partial charge in [0.25, 0.3) is 0 Å². The fourth-order valence-corrected chi connectivity index (χ4v) is 4.85. The molecule has 0 aliphatic carbocycles. The van der Waals surface area contributed by atoms with E-state index in [0.29, 0.717) is 44.2 Å². The standard InChI is InChI=1S/C19H21FN6O2S/c20-17-6-8-18(9-7-17)26-19(21-22-23-26)14-24-10-12-25(13-11-24)29(27,28)15-16-4-2-1-3-5-16/h1-9H,10-15H2. The van der Waals surface area contributed by atoms with Gasteiger partial charge in [-0.15, -0.1) is 5.10 Å². The maximum Gasteiger partial charge on any atom is 0.218 e. The molecule has 0 bridgehead atoms. The smallest absolute Gasteiger partial charge is 0.218 e. The van der Waals surface area contributed by atoms with Gasteiger partial charge in [0.15, 0.2) is 5.82 Å². The Morgan fingerprint density at radius 2 is 1.62 bits per heavy atom. The highest BCUT2D eigenvalue weighted by Gasteiger charge is 2.27. The molecule has 1 aliphatic heterocycles. The van der Waals surface area contributed by atoms with Gasteiger partial charge in [0.2, 0.25) is 10.0 Å². The van der Waals surface area contributed by atoms with Gasteiger partial charge >= 0.3 is 0 Å². The number of hydrogen-bond acceptors (Lipinski definition) is 6. The van der Waals surface area contributed by atoms with E-state index in [1.807, 2.05) is 30.3 Å². The van der Waals surface area contributed by atoms with E-state index in [1.165, 1.54) is 12.1 Å². The van der Waals surface area contributed by atoms with Crippen molar-refractivity contribution in [1.29, 1.82) is 0 Å². The van der Waals surface area contributed by atoms with Crippen LogP contribution in [0.1, 0.15) is 11.4 Å². The highest BCUT2D eigenvalue weighted by atomic mass is 32.2. The van der Waals surface area contributed by atoms with Crippen LogP contribution in [0.15, 0.2) is 54.6 Å². The van der Waals surface area contributed by atoms with E-state index in [2.05, 4.69) is 20.4 Å². The van der Waals surface area contributed by atoms with Crippen LogP contribution in [-0.4, -0.2) is 64.0 Å². The van der Waals surface area contributed by atoms with Gasteiger partial charge in [0.05, 0.1) is 18.0 Å². The Balaban J connectivity index is 1.37. The number of nitrogens with zero attached hydrogens (tertiary/aromatic N) is 6. The van der Waals surface area contributed by atoms with E-state index in [9.17, 15) is 12.8 Å². The Hall–Kier alpha value is -2.69. The molecule has 29 heavy (non-hydrogen) atoms. The third kappa shape index (κ3) is 4.66. The monoisotopic (exact) mass is 416 g/mol. The van der Waals surface area contributed by atoms with Gasteiger partial charge in [-0.05, 0) is 40.3 Å². The molecule has 10 heteroatoms. The first kappa shape index (κ1) is 19.6. The van der Waals surface area contributed by atoms with Crippen molar-refractivity contribution in [2.24, 2.45) is 0 Å². The van der Waals surface area contributed by atoms with E-state index >= 15 is 0 Å². The molecule has 3 aromatic rings. The predicted octanol–water partition coefficient (Wildman–Crippen LogP) is 1.45. The molecule has 0 atom stereocenters. The average Bonchev–Trinajstić information content (AvgIpc) is 3.17. The van der Waals surface area contributed by atoms with Crippen molar-refractivity contribution in [3.05, 3.63) is 71.8 Å². The van der Waals surface area contributed by atoms with E-state index in [1.54, 1.807) is 21.1 Å². The molecular formula is C19H21FN6O2S. The van der Waals surface area contributed by atoms with Crippen molar-refractivity contribution in [2.45, 2.75) is 12.3 Å². The molecule has 0 radical (unpaired) electrons. The van der Waals surface area contributed by atoms with Crippen LogP contribution in [0.5, 0.6) is 0 Å². The highest BCUT2D eigenvalue weighted by molar-refractivity contribution is 7.88. The molecule has 0 unspecified atom stereocenters. The Morgan fingerprint density at radius 3 is 2.31 bits per heavy atom. The summed E-state index contributed by atoms with van der Waals surface area (Å²) in [5.41, 5.74) is 1.46. The average molecular weight is 416 g/mol. The first-order valence-electron chi connectivity index (χ1n) is 9.28. The van der Waals surface area contributed by atoms with Crippen LogP contribution >= 0.6 is 0 Å². The van der Waals surface area contributed by atoms with Crippen LogP contribution in [0.25, 0.3) is 5.69 Å². The van der Waals surface area contributed by atoms with Crippen molar-refractivity contribution >= 4 is 10.0 Å². The molecule has 0 saturated carbocycles. The summed E-state index contributed by atoms with van der Waals surface area (Å²) in [6, 6.07) is 15.1. The van der Waals surface area contributed by atoms with Gasteiger partial charge in [-0.25, -0.2) is 12.8 Å². The number of hydrogen-bond donors (Lipinski definition) is 0. The second kappa shape index (κ2) is 8.36. The first-order chi connectivity index (χ1) is 14.0. The molecule has 0 amide bonds. The van der Waals surface area contributed by atoms with Crippen LogP contribution < -0.4 is 0 Å². The summed E-state index contributed by atoms with van der Waals surface area (Å²) in [4.78, 5) is 2.11. The Labute approximate surface area is 168 Å². The number of piperazine rings is 1. The van der Waals surface area contributed by atoms with Crippen molar-refractivity contribution < 1.29 is 12.8 Å². The Morgan fingerprint density at radius 1 is 0.931 bits per heavy atom. The van der Waals surface area contributed by atoms with Gasteiger partial charge in [0.1, 0.15) is 5.82 Å². The van der Waals surface area contributed by atoms with Crippen molar-refractivity contribution in [3.8, 4) is 5.69 Å². The van der Waals surface area contributed by atoms with Gasteiger partial charge in [-0.2, -0.15) is 8.99 Å². The summed E-state index contributed by atoms with van der Waals surface area (Å²) in [6.07, 6.45) is 0. The number of sulfonamides is 1. The number of rotatable bonds is 6. The molecule has 152 valence electrons. The maximum atomic E-state index is 13.1. The van der Waals surface area contributed by atoms with Crippen LogP contribution in [-0.2, 0) is 22.3 Å². The molecule has 0 spiro atoms. The van der Waals surface area contributed by atoms with Gasteiger partial charge in [-0.1, -0.05) is 30.3 Å². The van der Waals surface area contributed by atoms with Crippen LogP contribution in [0, 0.1) is 5.82 Å². The van der Waals surface area contributed by atoms with Crippen molar-refractivity contribution in [2.75, 3.05) is 26.2 Å². The predicted molar refractivity (Wildman–Crippen MR) is 105 cm³/mol. The number of tetrazole rings is 1. The minimum absolute atomic E-state index is 0.0106. The lowest BCUT2D eigenvalue weighted by Gasteiger charge is -2.33. The quantitative estimate of drug-likeness (QED) is 0.605. The van der Waals surface area contributed by atoms with Gasteiger partial charge in [-0.3, -0.25) is 4.90 Å². The van der Waals surface area contributed by atoms with Crippen LogP contribution in [0.4, 0.5) is 4.39 Å². The number of benzene rings is 2. The second-order valence-electron chi connectivity index (χ2n) is 6.90. The fraction of sp³-hybridized carbons (Fsp3) is 0.316. The second-order valence-corrected chi connectivity index (χ2v) is 8.87. The molecule has 1 aromatic heterocycles. The zero-order valence-corrected chi connectivity index (χ0v) is 16.5. The third-order valence-corrected chi connectivity index (χ3v) is 6.74. The zero-order chi connectivity index (χ0) is 20.3. The van der Waals surface area contributed by atoms with E-state index in [4.69, 9.17) is 0 Å². The first-order valence-corrected chi connectivity index (χ1v) is 10.9. The fourth-order valence-electron chi connectivity index (χ4n) is 3.33. The van der Waals surface area contributed by atoms with Crippen LogP contribution in [0.3, 0.4) is 0 Å². The molecule has 1 fully saturated rings. The minimum Gasteiger partial charge on any atom is -0.293 e. The van der Waals surface area contributed by atoms with Crippen molar-refractivity contribution in [3.63, 3.8) is 0 Å². The number of aromatic nitrogens is 4. The molecule has 1 aliphatic rings. The maximum absolute atomic E-state index is 13.1. The zero-order valence-electron chi connectivity index (χ0n) is 15.7. The number of halogens is 1. The molecular weight excluding hydrogens is 395 g/mol. The molecule has 2 aromatic carbocycles. The van der Waals surface area contributed by atoms with Crippen molar-refractivity contribution in [1.82, 2.24) is 29.4 Å². The summed E-state index contributed by atoms with van der Waals surface area (Å²) >= 11 is 0. The summed E-state index contributed by atoms with van der Waals surface area (Å²) in [5.74, 6) is 0.310. The lowest BCUT2D eigenvalue weighted by Crippen LogP contribution is -2.48. The lowest BCUT2D eigenvalue weighted by atomic mass is 10.2. The Bertz CT molecular complexity index is 1050. The molecule has 8 nitrogen and oxygen atoms in total. The minimum atomic E-state index is -3.35. The summed E-state index contributed by atoms with van der Waals surface area (Å²) in [7, 11) is -3.35. The largest absolute Gasteiger partial charge is 0.293 e. The molecule has 4 rings (SSSR count).